The quantitative estimate of drug-likeness (QED) is 0.811. The minimum atomic E-state index is 0.542. The van der Waals surface area contributed by atoms with Gasteiger partial charge in [-0.1, -0.05) is 0 Å². The van der Waals surface area contributed by atoms with E-state index in [2.05, 4.69) is 16.0 Å². The van der Waals surface area contributed by atoms with Gasteiger partial charge >= 0.3 is 0 Å². The number of hydrogen-bond donors (Lipinski definition) is 1. The van der Waals surface area contributed by atoms with Crippen molar-refractivity contribution < 1.29 is 0 Å². The highest BCUT2D eigenvalue weighted by Crippen LogP contribution is 2.38. The molecule has 0 aromatic carbocycles. The highest BCUT2D eigenvalue weighted by molar-refractivity contribution is 5.17. The average molecular weight is 203 g/mol. The van der Waals surface area contributed by atoms with E-state index in [0.29, 0.717) is 12.5 Å². The fourth-order valence-corrected chi connectivity index (χ4v) is 1.93. The molecule has 0 bridgehead atoms. The van der Waals surface area contributed by atoms with Crippen molar-refractivity contribution in [1.29, 1.82) is 0 Å². The van der Waals surface area contributed by atoms with Crippen molar-refractivity contribution in [3.63, 3.8) is 0 Å². The van der Waals surface area contributed by atoms with Gasteiger partial charge in [-0.15, -0.1) is 0 Å². The lowest BCUT2D eigenvalue weighted by atomic mass is 10.2. The molecule has 0 spiro atoms. The molecule has 0 saturated heterocycles. The van der Waals surface area contributed by atoms with Crippen molar-refractivity contribution >= 4 is 0 Å². The number of nitrogens with zero attached hydrogens (tertiary/aromatic N) is 2. The molecule has 2 aliphatic carbocycles. The third-order valence-corrected chi connectivity index (χ3v) is 3.20. The lowest BCUT2D eigenvalue weighted by Crippen LogP contribution is -2.07. The molecular weight excluding hydrogens is 186 g/mol. The van der Waals surface area contributed by atoms with Gasteiger partial charge in [0.25, 0.3) is 0 Å². The van der Waals surface area contributed by atoms with Crippen LogP contribution in [0.2, 0.25) is 0 Å². The number of nitrogens with two attached hydrogens (primary N) is 1. The maximum atomic E-state index is 5.66. The Labute approximate surface area is 90.1 Å². The summed E-state index contributed by atoms with van der Waals surface area (Å²) in [5.41, 5.74) is 7.90. The molecule has 2 fully saturated rings. The van der Waals surface area contributed by atoms with Crippen molar-refractivity contribution in [1.82, 2.24) is 9.97 Å². The van der Waals surface area contributed by atoms with Gasteiger partial charge in [-0.25, -0.2) is 9.97 Å². The molecule has 0 aliphatic heterocycles. The van der Waals surface area contributed by atoms with Crippen molar-refractivity contribution in [2.45, 2.75) is 44.6 Å². The lowest BCUT2D eigenvalue weighted by Gasteiger charge is -2.05. The Morgan fingerprint density at radius 1 is 1.13 bits per heavy atom. The first-order valence-electron chi connectivity index (χ1n) is 5.92. The monoisotopic (exact) mass is 203 g/mol. The molecule has 3 heteroatoms. The van der Waals surface area contributed by atoms with Gasteiger partial charge in [-0.2, -0.15) is 0 Å². The Balaban J connectivity index is 1.86. The first-order valence-corrected chi connectivity index (χ1v) is 5.92. The molecule has 80 valence electrons. The summed E-state index contributed by atoms with van der Waals surface area (Å²) in [4.78, 5) is 9.16. The Hall–Kier alpha value is -0.960. The molecule has 0 radical (unpaired) electrons. The Bertz CT molecular complexity index is 367. The van der Waals surface area contributed by atoms with Crippen LogP contribution in [0.3, 0.4) is 0 Å². The van der Waals surface area contributed by atoms with Crippen molar-refractivity contribution in [3.8, 4) is 0 Å². The zero-order valence-corrected chi connectivity index (χ0v) is 8.95. The van der Waals surface area contributed by atoms with E-state index in [1.54, 1.807) is 0 Å². The predicted octanol–water partition coefficient (Wildman–Crippen LogP) is 1.77. The van der Waals surface area contributed by atoms with Gasteiger partial charge in [-0.05, 0) is 44.1 Å². The zero-order valence-electron chi connectivity index (χ0n) is 8.95. The molecule has 1 heterocycles. The molecule has 1 aromatic rings. The molecule has 1 aromatic heterocycles. The highest BCUT2D eigenvalue weighted by Gasteiger charge is 2.28. The minimum Gasteiger partial charge on any atom is -0.325 e. The van der Waals surface area contributed by atoms with Crippen molar-refractivity contribution in [3.05, 3.63) is 23.3 Å². The van der Waals surface area contributed by atoms with Gasteiger partial charge in [0.15, 0.2) is 0 Å². The molecule has 2 saturated carbocycles. The van der Waals surface area contributed by atoms with Crippen LogP contribution in [0.25, 0.3) is 0 Å². The summed E-state index contributed by atoms with van der Waals surface area (Å²) in [5.74, 6) is 2.57. The largest absolute Gasteiger partial charge is 0.325 e. The lowest BCUT2D eigenvalue weighted by molar-refractivity contribution is 0.763. The van der Waals surface area contributed by atoms with Crippen LogP contribution in [0.4, 0.5) is 0 Å². The summed E-state index contributed by atoms with van der Waals surface area (Å²) in [6.07, 6.45) is 6.41. The van der Waals surface area contributed by atoms with Gasteiger partial charge in [0.2, 0.25) is 0 Å². The highest BCUT2D eigenvalue weighted by atomic mass is 14.9. The van der Waals surface area contributed by atoms with Crippen LogP contribution in [0.15, 0.2) is 6.07 Å². The second-order valence-corrected chi connectivity index (χ2v) is 4.83. The van der Waals surface area contributed by atoms with Crippen LogP contribution in [-0.4, -0.2) is 9.97 Å². The van der Waals surface area contributed by atoms with E-state index in [-0.39, 0.29) is 0 Å². The fourth-order valence-electron chi connectivity index (χ4n) is 1.93. The van der Waals surface area contributed by atoms with E-state index in [4.69, 9.17) is 5.73 Å². The molecule has 2 N–H and O–H groups in total. The summed E-state index contributed by atoms with van der Waals surface area (Å²) < 4.78 is 0. The van der Waals surface area contributed by atoms with Crippen LogP contribution < -0.4 is 5.73 Å². The summed E-state index contributed by atoms with van der Waals surface area (Å²) >= 11 is 0. The average Bonchev–Trinajstić information content (AvgIpc) is 3.10. The number of rotatable bonds is 4. The maximum absolute atomic E-state index is 5.66. The van der Waals surface area contributed by atoms with Crippen molar-refractivity contribution in [2.24, 2.45) is 11.7 Å². The second-order valence-electron chi connectivity index (χ2n) is 4.83. The maximum Gasteiger partial charge on any atom is 0.131 e. The van der Waals surface area contributed by atoms with Gasteiger partial charge in [0, 0.05) is 18.2 Å². The molecule has 3 rings (SSSR count). The van der Waals surface area contributed by atoms with Crippen molar-refractivity contribution in [2.75, 3.05) is 0 Å². The van der Waals surface area contributed by atoms with E-state index in [9.17, 15) is 0 Å². The Morgan fingerprint density at radius 2 is 1.87 bits per heavy atom. The number of hydrogen-bond acceptors (Lipinski definition) is 3. The second kappa shape index (κ2) is 3.56. The van der Waals surface area contributed by atoms with E-state index in [1.165, 1.54) is 31.4 Å². The van der Waals surface area contributed by atoms with Crippen LogP contribution in [0, 0.1) is 5.92 Å². The van der Waals surface area contributed by atoms with Gasteiger partial charge < -0.3 is 5.73 Å². The third kappa shape index (κ3) is 2.17. The Morgan fingerprint density at radius 3 is 2.47 bits per heavy atom. The number of aromatic nitrogens is 2. The predicted molar refractivity (Wildman–Crippen MR) is 58.3 cm³/mol. The van der Waals surface area contributed by atoms with Crippen LogP contribution in [-0.2, 0) is 13.0 Å². The van der Waals surface area contributed by atoms with Crippen LogP contribution in [0.1, 0.15) is 48.8 Å². The summed E-state index contributed by atoms with van der Waals surface area (Å²) in [7, 11) is 0. The van der Waals surface area contributed by atoms with E-state index in [1.807, 2.05) is 0 Å². The van der Waals surface area contributed by atoms with Crippen LogP contribution in [0.5, 0.6) is 0 Å². The van der Waals surface area contributed by atoms with Gasteiger partial charge in [0.05, 0.1) is 5.69 Å². The molecule has 2 aliphatic rings. The molecular formula is C12H17N3. The first-order chi connectivity index (χ1) is 7.35. The smallest absolute Gasteiger partial charge is 0.131 e. The van der Waals surface area contributed by atoms with Gasteiger partial charge in [0.1, 0.15) is 5.82 Å². The molecule has 0 unspecified atom stereocenters. The van der Waals surface area contributed by atoms with E-state index < -0.39 is 0 Å². The zero-order chi connectivity index (χ0) is 10.3. The molecule has 3 nitrogen and oxygen atoms in total. The molecule has 15 heavy (non-hydrogen) atoms. The Kier molecular flexibility index (Phi) is 2.20. The van der Waals surface area contributed by atoms with E-state index in [0.717, 1.165) is 23.9 Å². The fraction of sp³-hybridized carbons (Fsp3) is 0.667. The molecule has 0 atom stereocenters. The summed E-state index contributed by atoms with van der Waals surface area (Å²) in [6.45, 7) is 0.542. The standard InChI is InChI=1S/C12H17N3/c13-7-11-6-10(5-8-1-2-8)14-12(15-11)9-3-4-9/h6,8-9H,1-5,7,13H2. The third-order valence-electron chi connectivity index (χ3n) is 3.20. The van der Waals surface area contributed by atoms with E-state index >= 15 is 0 Å². The summed E-state index contributed by atoms with van der Waals surface area (Å²) in [5, 5.41) is 0. The SMILES string of the molecule is NCc1cc(CC2CC2)nc(C2CC2)n1. The topological polar surface area (TPSA) is 51.8 Å². The van der Waals surface area contributed by atoms with Crippen LogP contribution >= 0.6 is 0 Å². The van der Waals surface area contributed by atoms with Gasteiger partial charge in [-0.3, -0.25) is 0 Å². The minimum absolute atomic E-state index is 0.542. The normalized spacial score (nSPS) is 20.6. The first kappa shape index (κ1) is 9.28. The molecule has 0 amide bonds. The summed E-state index contributed by atoms with van der Waals surface area (Å²) in [6, 6.07) is 2.09.